The van der Waals surface area contributed by atoms with E-state index in [4.69, 9.17) is 19.9 Å². The van der Waals surface area contributed by atoms with E-state index in [1.807, 2.05) is 12.1 Å². The fraction of sp³-hybridized carbons (Fsp3) is 0.455. The van der Waals surface area contributed by atoms with E-state index >= 15 is 0 Å². The fourth-order valence-electron chi connectivity index (χ4n) is 1.13. The van der Waals surface area contributed by atoms with Crippen LogP contribution in [0.15, 0.2) is 22.7 Å². The van der Waals surface area contributed by atoms with Crippen LogP contribution < -0.4 is 10.5 Å². The first-order valence-electron chi connectivity index (χ1n) is 4.98. The SMILES string of the molecule is COCCOCCOc1cc(N)cc(Br)c1. The first-order valence-corrected chi connectivity index (χ1v) is 5.77. The van der Waals surface area contributed by atoms with Crippen LogP contribution in [0, 0.1) is 0 Å². The van der Waals surface area contributed by atoms with Crippen LogP contribution in [0.4, 0.5) is 5.69 Å². The molecule has 0 aromatic heterocycles. The van der Waals surface area contributed by atoms with Gasteiger partial charge in [0.05, 0.1) is 19.8 Å². The van der Waals surface area contributed by atoms with Crippen molar-refractivity contribution in [2.75, 3.05) is 39.3 Å². The lowest BCUT2D eigenvalue weighted by Crippen LogP contribution is -2.10. The van der Waals surface area contributed by atoms with E-state index in [1.165, 1.54) is 0 Å². The quantitative estimate of drug-likeness (QED) is 0.617. The Bertz CT molecular complexity index is 300. The van der Waals surface area contributed by atoms with Crippen molar-refractivity contribution in [1.29, 1.82) is 0 Å². The van der Waals surface area contributed by atoms with Gasteiger partial charge in [-0.15, -0.1) is 0 Å². The summed E-state index contributed by atoms with van der Waals surface area (Å²) in [5.41, 5.74) is 6.34. The minimum absolute atomic E-state index is 0.500. The van der Waals surface area contributed by atoms with Crippen LogP contribution in [-0.2, 0) is 9.47 Å². The van der Waals surface area contributed by atoms with Crippen molar-refractivity contribution >= 4 is 21.6 Å². The third kappa shape index (κ3) is 5.34. The number of rotatable bonds is 7. The summed E-state index contributed by atoms with van der Waals surface area (Å²) in [6.45, 7) is 2.22. The zero-order valence-electron chi connectivity index (χ0n) is 9.24. The summed E-state index contributed by atoms with van der Waals surface area (Å²) in [6.07, 6.45) is 0. The summed E-state index contributed by atoms with van der Waals surface area (Å²) in [6, 6.07) is 5.47. The predicted molar refractivity (Wildman–Crippen MR) is 66.7 cm³/mol. The van der Waals surface area contributed by atoms with Gasteiger partial charge in [-0.05, 0) is 12.1 Å². The van der Waals surface area contributed by atoms with Gasteiger partial charge in [-0.25, -0.2) is 0 Å². The molecule has 2 N–H and O–H groups in total. The highest BCUT2D eigenvalue weighted by Crippen LogP contribution is 2.22. The summed E-state index contributed by atoms with van der Waals surface area (Å²) >= 11 is 3.35. The molecular formula is C11H16BrNO3. The van der Waals surface area contributed by atoms with Crippen LogP contribution in [0.5, 0.6) is 5.75 Å². The zero-order valence-corrected chi connectivity index (χ0v) is 10.8. The van der Waals surface area contributed by atoms with Crippen molar-refractivity contribution < 1.29 is 14.2 Å². The van der Waals surface area contributed by atoms with Crippen molar-refractivity contribution in [3.8, 4) is 5.75 Å². The molecule has 0 radical (unpaired) electrons. The molecule has 5 heteroatoms. The number of halogens is 1. The fourth-order valence-corrected chi connectivity index (χ4v) is 1.62. The highest BCUT2D eigenvalue weighted by atomic mass is 79.9. The maximum absolute atomic E-state index is 5.67. The Balaban J connectivity index is 2.21. The number of benzene rings is 1. The molecule has 0 aliphatic carbocycles. The van der Waals surface area contributed by atoms with Crippen molar-refractivity contribution in [3.05, 3.63) is 22.7 Å². The molecule has 0 bridgehead atoms. The monoisotopic (exact) mass is 289 g/mol. The molecule has 0 fully saturated rings. The predicted octanol–water partition coefficient (Wildman–Crippen LogP) is 2.07. The molecule has 0 spiro atoms. The Morgan fingerprint density at radius 2 is 1.88 bits per heavy atom. The third-order valence-electron chi connectivity index (χ3n) is 1.82. The van der Waals surface area contributed by atoms with Gasteiger partial charge in [-0.1, -0.05) is 15.9 Å². The molecule has 0 saturated carbocycles. The first kappa shape index (κ1) is 13.3. The van der Waals surface area contributed by atoms with E-state index in [-0.39, 0.29) is 0 Å². The molecule has 0 atom stereocenters. The number of hydrogen-bond acceptors (Lipinski definition) is 4. The Kier molecular flexibility index (Phi) is 6.22. The molecule has 0 unspecified atom stereocenters. The van der Waals surface area contributed by atoms with Crippen molar-refractivity contribution in [1.82, 2.24) is 0 Å². The zero-order chi connectivity index (χ0) is 11.8. The number of hydrogen-bond donors (Lipinski definition) is 1. The molecule has 1 aromatic carbocycles. The van der Waals surface area contributed by atoms with Crippen molar-refractivity contribution in [2.45, 2.75) is 0 Å². The molecule has 0 aliphatic heterocycles. The minimum atomic E-state index is 0.500. The Morgan fingerprint density at radius 1 is 1.12 bits per heavy atom. The third-order valence-corrected chi connectivity index (χ3v) is 2.28. The summed E-state index contributed by atoms with van der Waals surface area (Å²) in [7, 11) is 1.64. The molecule has 0 aliphatic rings. The first-order chi connectivity index (χ1) is 7.72. The van der Waals surface area contributed by atoms with E-state index in [0.29, 0.717) is 32.1 Å². The average Bonchev–Trinajstić information content (AvgIpc) is 2.22. The Hall–Kier alpha value is -0.780. The lowest BCUT2D eigenvalue weighted by Gasteiger charge is -2.08. The summed E-state index contributed by atoms with van der Waals surface area (Å²) < 4.78 is 16.5. The molecule has 90 valence electrons. The summed E-state index contributed by atoms with van der Waals surface area (Å²) in [5.74, 6) is 0.738. The second kappa shape index (κ2) is 7.49. The number of nitrogen functional groups attached to an aromatic ring is 1. The van der Waals surface area contributed by atoms with Crippen LogP contribution in [0.2, 0.25) is 0 Å². The molecule has 16 heavy (non-hydrogen) atoms. The van der Waals surface area contributed by atoms with Gasteiger partial charge < -0.3 is 19.9 Å². The van der Waals surface area contributed by atoms with E-state index in [0.717, 1.165) is 10.2 Å². The standard InChI is InChI=1S/C11H16BrNO3/c1-14-2-3-15-4-5-16-11-7-9(12)6-10(13)8-11/h6-8H,2-5,13H2,1H3. The smallest absolute Gasteiger partial charge is 0.122 e. The van der Waals surface area contributed by atoms with Gasteiger partial charge in [-0.2, -0.15) is 0 Å². The lowest BCUT2D eigenvalue weighted by atomic mass is 10.3. The van der Waals surface area contributed by atoms with Gasteiger partial charge >= 0.3 is 0 Å². The van der Waals surface area contributed by atoms with Gasteiger partial charge in [0.15, 0.2) is 0 Å². The van der Waals surface area contributed by atoms with E-state index in [2.05, 4.69) is 15.9 Å². The number of ether oxygens (including phenoxy) is 3. The molecule has 0 amide bonds. The van der Waals surface area contributed by atoms with Crippen molar-refractivity contribution in [3.63, 3.8) is 0 Å². The molecule has 0 heterocycles. The normalized spacial score (nSPS) is 10.4. The largest absolute Gasteiger partial charge is 0.491 e. The minimum Gasteiger partial charge on any atom is -0.491 e. The number of nitrogens with two attached hydrogens (primary N) is 1. The van der Waals surface area contributed by atoms with E-state index < -0.39 is 0 Å². The van der Waals surface area contributed by atoms with E-state index in [1.54, 1.807) is 13.2 Å². The molecular weight excluding hydrogens is 274 g/mol. The Labute approximate surface area is 104 Å². The maximum atomic E-state index is 5.67. The van der Waals surface area contributed by atoms with Gasteiger partial charge in [0.1, 0.15) is 12.4 Å². The number of anilines is 1. The van der Waals surface area contributed by atoms with Crippen LogP contribution in [0.25, 0.3) is 0 Å². The van der Waals surface area contributed by atoms with Gasteiger partial charge in [-0.3, -0.25) is 0 Å². The molecule has 1 rings (SSSR count). The van der Waals surface area contributed by atoms with Gasteiger partial charge in [0.2, 0.25) is 0 Å². The number of methoxy groups -OCH3 is 1. The lowest BCUT2D eigenvalue weighted by molar-refractivity contribution is 0.0544. The average molecular weight is 290 g/mol. The molecule has 4 nitrogen and oxygen atoms in total. The second-order valence-electron chi connectivity index (χ2n) is 3.17. The summed E-state index contributed by atoms with van der Waals surface area (Å²) in [5, 5.41) is 0. The molecule has 0 saturated heterocycles. The van der Waals surface area contributed by atoms with Crippen LogP contribution in [0.1, 0.15) is 0 Å². The highest BCUT2D eigenvalue weighted by Gasteiger charge is 1.98. The van der Waals surface area contributed by atoms with Crippen LogP contribution in [0.3, 0.4) is 0 Å². The van der Waals surface area contributed by atoms with Crippen LogP contribution in [-0.4, -0.2) is 33.5 Å². The molecule has 1 aromatic rings. The van der Waals surface area contributed by atoms with Crippen molar-refractivity contribution in [2.24, 2.45) is 0 Å². The van der Waals surface area contributed by atoms with Crippen LogP contribution >= 0.6 is 15.9 Å². The Morgan fingerprint density at radius 3 is 2.56 bits per heavy atom. The van der Waals surface area contributed by atoms with Gasteiger partial charge in [0.25, 0.3) is 0 Å². The van der Waals surface area contributed by atoms with Gasteiger partial charge in [0, 0.05) is 23.3 Å². The van der Waals surface area contributed by atoms with E-state index in [9.17, 15) is 0 Å². The maximum Gasteiger partial charge on any atom is 0.122 e. The highest BCUT2D eigenvalue weighted by molar-refractivity contribution is 9.10. The summed E-state index contributed by atoms with van der Waals surface area (Å²) in [4.78, 5) is 0. The second-order valence-corrected chi connectivity index (χ2v) is 4.09. The topological polar surface area (TPSA) is 53.7 Å².